The third-order valence-electron chi connectivity index (χ3n) is 2.48. The summed E-state index contributed by atoms with van der Waals surface area (Å²) in [6.45, 7) is 2.06. The van der Waals surface area contributed by atoms with Crippen molar-refractivity contribution in [3.05, 3.63) is 0 Å². The standard InChI is InChI=1S/C10H16N2O4/c1-7-10(15)11-8(13)6-12(7)9(14)4-3-5-16-2/h7H,3-6H2,1-2H3,(H,11,13,15). The topological polar surface area (TPSA) is 75.7 Å². The quantitative estimate of drug-likeness (QED) is 0.509. The molecule has 3 amide bonds. The van der Waals surface area contributed by atoms with Gasteiger partial charge >= 0.3 is 0 Å². The fourth-order valence-electron chi connectivity index (χ4n) is 1.53. The van der Waals surface area contributed by atoms with Gasteiger partial charge in [0, 0.05) is 20.1 Å². The van der Waals surface area contributed by atoms with Crippen LogP contribution in [0.3, 0.4) is 0 Å². The van der Waals surface area contributed by atoms with Gasteiger partial charge in [-0.25, -0.2) is 0 Å². The van der Waals surface area contributed by atoms with Crippen LogP contribution in [-0.2, 0) is 19.1 Å². The summed E-state index contributed by atoms with van der Waals surface area (Å²) in [4.78, 5) is 35.4. The van der Waals surface area contributed by atoms with Gasteiger partial charge in [0.1, 0.15) is 12.6 Å². The van der Waals surface area contributed by atoms with E-state index in [0.29, 0.717) is 19.4 Å². The fraction of sp³-hybridized carbons (Fsp3) is 0.700. The molecule has 0 aromatic rings. The predicted octanol–water partition coefficient (Wildman–Crippen LogP) is -0.713. The maximum Gasteiger partial charge on any atom is 0.249 e. The van der Waals surface area contributed by atoms with E-state index in [9.17, 15) is 14.4 Å². The van der Waals surface area contributed by atoms with Gasteiger partial charge in [-0.2, -0.15) is 0 Å². The maximum atomic E-state index is 11.7. The normalized spacial score (nSPS) is 20.9. The Morgan fingerprint density at radius 3 is 2.88 bits per heavy atom. The number of hydrogen-bond acceptors (Lipinski definition) is 4. The molecule has 6 heteroatoms. The Labute approximate surface area is 93.9 Å². The van der Waals surface area contributed by atoms with Crippen LogP contribution in [0.15, 0.2) is 0 Å². The van der Waals surface area contributed by atoms with E-state index in [-0.39, 0.29) is 12.5 Å². The first-order valence-corrected chi connectivity index (χ1v) is 5.18. The Morgan fingerprint density at radius 1 is 1.56 bits per heavy atom. The van der Waals surface area contributed by atoms with Crippen molar-refractivity contribution >= 4 is 17.7 Å². The molecule has 1 heterocycles. The highest BCUT2D eigenvalue weighted by Gasteiger charge is 2.32. The first-order chi connectivity index (χ1) is 7.56. The monoisotopic (exact) mass is 228 g/mol. The van der Waals surface area contributed by atoms with Crippen LogP contribution >= 0.6 is 0 Å². The number of imide groups is 1. The Balaban J connectivity index is 2.53. The second-order valence-electron chi connectivity index (χ2n) is 3.71. The summed E-state index contributed by atoms with van der Waals surface area (Å²) in [5.41, 5.74) is 0. The molecule has 1 N–H and O–H groups in total. The zero-order chi connectivity index (χ0) is 12.1. The summed E-state index contributed by atoms with van der Waals surface area (Å²) in [7, 11) is 1.56. The summed E-state index contributed by atoms with van der Waals surface area (Å²) in [5.74, 6) is -1.03. The molecule has 0 bridgehead atoms. The molecule has 6 nitrogen and oxygen atoms in total. The Bertz CT molecular complexity index is 303. The number of nitrogens with one attached hydrogen (secondary N) is 1. The zero-order valence-corrected chi connectivity index (χ0v) is 9.49. The van der Waals surface area contributed by atoms with Crippen LogP contribution < -0.4 is 5.32 Å². The van der Waals surface area contributed by atoms with Crippen LogP contribution in [-0.4, -0.2) is 48.9 Å². The summed E-state index contributed by atoms with van der Waals surface area (Å²) in [6, 6.07) is -0.576. The Morgan fingerprint density at radius 2 is 2.25 bits per heavy atom. The molecule has 1 unspecified atom stereocenters. The predicted molar refractivity (Wildman–Crippen MR) is 55.4 cm³/mol. The van der Waals surface area contributed by atoms with E-state index in [2.05, 4.69) is 5.32 Å². The molecule has 1 aliphatic heterocycles. The molecule has 1 aliphatic rings. The summed E-state index contributed by atoms with van der Waals surface area (Å²) in [5, 5.41) is 2.18. The summed E-state index contributed by atoms with van der Waals surface area (Å²) >= 11 is 0. The van der Waals surface area contributed by atoms with E-state index in [1.54, 1.807) is 14.0 Å². The number of carbonyl (C=O) groups is 3. The SMILES string of the molecule is COCCCC(=O)N1CC(=O)NC(=O)C1C. The van der Waals surface area contributed by atoms with Gasteiger partial charge in [0.05, 0.1) is 0 Å². The Kier molecular flexibility index (Phi) is 4.42. The number of nitrogens with zero attached hydrogens (tertiary/aromatic N) is 1. The van der Waals surface area contributed by atoms with Gasteiger partial charge in [-0.05, 0) is 13.3 Å². The average Bonchev–Trinajstić information content (AvgIpc) is 2.23. The lowest BCUT2D eigenvalue weighted by atomic mass is 10.1. The minimum absolute atomic E-state index is 0.0429. The second kappa shape index (κ2) is 5.60. The number of ether oxygens (including phenoxy) is 1. The molecule has 0 aliphatic carbocycles. The van der Waals surface area contributed by atoms with E-state index >= 15 is 0 Å². The summed E-state index contributed by atoms with van der Waals surface area (Å²) < 4.78 is 4.83. The van der Waals surface area contributed by atoms with Crippen LogP contribution in [0.2, 0.25) is 0 Å². The third kappa shape index (κ3) is 3.03. The molecule has 90 valence electrons. The van der Waals surface area contributed by atoms with Crippen molar-refractivity contribution in [1.29, 1.82) is 0 Å². The molecule has 1 saturated heterocycles. The van der Waals surface area contributed by atoms with Crippen molar-refractivity contribution in [2.24, 2.45) is 0 Å². The molecule has 0 aromatic carbocycles. The molecular weight excluding hydrogens is 212 g/mol. The Hall–Kier alpha value is -1.43. The summed E-state index contributed by atoms with van der Waals surface area (Å²) in [6.07, 6.45) is 0.882. The molecule has 0 saturated carbocycles. The number of carbonyl (C=O) groups excluding carboxylic acids is 3. The highest BCUT2D eigenvalue weighted by molar-refractivity contribution is 6.04. The molecular formula is C10H16N2O4. The molecule has 16 heavy (non-hydrogen) atoms. The lowest BCUT2D eigenvalue weighted by molar-refractivity contribution is -0.149. The lowest BCUT2D eigenvalue weighted by Crippen LogP contribution is -2.58. The second-order valence-corrected chi connectivity index (χ2v) is 3.71. The minimum Gasteiger partial charge on any atom is -0.385 e. The van der Waals surface area contributed by atoms with Gasteiger partial charge in [-0.1, -0.05) is 0 Å². The van der Waals surface area contributed by atoms with Gasteiger partial charge in [-0.15, -0.1) is 0 Å². The van der Waals surface area contributed by atoms with E-state index in [1.165, 1.54) is 4.90 Å². The van der Waals surface area contributed by atoms with Gasteiger partial charge in [0.2, 0.25) is 17.7 Å². The largest absolute Gasteiger partial charge is 0.385 e. The van der Waals surface area contributed by atoms with Gasteiger partial charge in [0.25, 0.3) is 0 Å². The highest BCUT2D eigenvalue weighted by atomic mass is 16.5. The smallest absolute Gasteiger partial charge is 0.249 e. The molecule has 1 atom stereocenters. The van der Waals surface area contributed by atoms with Crippen molar-refractivity contribution in [3.63, 3.8) is 0 Å². The molecule has 1 fully saturated rings. The van der Waals surface area contributed by atoms with Crippen LogP contribution in [0.1, 0.15) is 19.8 Å². The van der Waals surface area contributed by atoms with Crippen molar-refractivity contribution in [3.8, 4) is 0 Å². The van der Waals surface area contributed by atoms with Gasteiger partial charge in [-0.3, -0.25) is 19.7 Å². The number of methoxy groups -OCH3 is 1. The molecule has 1 rings (SSSR count). The van der Waals surface area contributed by atoms with Crippen molar-refractivity contribution in [2.75, 3.05) is 20.3 Å². The van der Waals surface area contributed by atoms with Crippen LogP contribution in [0.5, 0.6) is 0 Å². The number of amides is 3. The number of piperazine rings is 1. The molecule has 0 spiro atoms. The highest BCUT2D eigenvalue weighted by Crippen LogP contribution is 2.08. The van der Waals surface area contributed by atoms with Gasteiger partial charge in [0.15, 0.2) is 0 Å². The number of hydrogen-bond donors (Lipinski definition) is 1. The molecule has 0 radical (unpaired) electrons. The van der Waals surface area contributed by atoms with Crippen LogP contribution in [0, 0.1) is 0 Å². The van der Waals surface area contributed by atoms with E-state index in [0.717, 1.165) is 0 Å². The van der Waals surface area contributed by atoms with E-state index in [1.807, 2.05) is 0 Å². The van der Waals surface area contributed by atoms with Crippen LogP contribution in [0.25, 0.3) is 0 Å². The first-order valence-electron chi connectivity index (χ1n) is 5.18. The first kappa shape index (κ1) is 12.6. The zero-order valence-electron chi connectivity index (χ0n) is 9.49. The average molecular weight is 228 g/mol. The van der Waals surface area contributed by atoms with Crippen molar-refractivity contribution < 1.29 is 19.1 Å². The minimum atomic E-state index is -0.576. The van der Waals surface area contributed by atoms with Gasteiger partial charge < -0.3 is 9.64 Å². The lowest BCUT2D eigenvalue weighted by Gasteiger charge is -2.31. The van der Waals surface area contributed by atoms with Crippen molar-refractivity contribution in [2.45, 2.75) is 25.8 Å². The third-order valence-corrected chi connectivity index (χ3v) is 2.48. The van der Waals surface area contributed by atoms with E-state index < -0.39 is 17.9 Å². The molecule has 0 aromatic heterocycles. The number of rotatable bonds is 4. The van der Waals surface area contributed by atoms with Crippen LogP contribution in [0.4, 0.5) is 0 Å². The van der Waals surface area contributed by atoms with E-state index in [4.69, 9.17) is 4.74 Å². The fourth-order valence-corrected chi connectivity index (χ4v) is 1.53. The maximum absolute atomic E-state index is 11.7. The van der Waals surface area contributed by atoms with Crippen molar-refractivity contribution in [1.82, 2.24) is 10.2 Å².